The molecule has 1 amide bonds. The molecule has 0 atom stereocenters. The maximum atomic E-state index is 12.4. The van der Waals surface area contributed by atoms with Crippen LogP contribution in [0, 0.1) is 0 Å². The zero-order chi connectivity index (χ0) is 22.4. The minimum Gasteiger partial charge on any atom is -0.493 e. The summed E-state index contributed by atoms with van der Waals surface area (Å²) in [5.74, 6) is -0.483. The molecule has 3 rings (SSSR count). The average molecular weight is 478 g/mol. The molecule has 158 valence electrons. The summed E-state index contributed by atoms with van der Waals surface area (Å²) >= 11 is 17.6. The quantitative estimate of drug-likeness (QED) is 0.216. The molecule has 0 saturated carbocycles. The Hall–Kier alpha value is -3.06. The fraction of sp³-hybridized carbons (Fsp3) is 0.0455. The molecule has 0 aliphatic carbocycles. The summed E-state index contributed by atoms with van der Waals surface area (Å²) in [6.07, 6.45) is 1.43. The van der Waals surface area contributed by atoms with Crippen molar-refractivity contribution < 1.29 is 19.1 Å². The van der Waals surface area contributed by atoms with Crippen molar-refractivity contribution in [1.82, 2.24) is 5.43 Å². The van der Waals surface area contributed by atoms with Gasteiger partial charge in [-0.25, -0.2) is 10.2 Å². The predicted octanol–water partition coefficient (Wildman–Crippen LogP) is 5.64. The van der Waals surface area contributed by atoms with Crippen molar-refractivity contribution in [2.45, 2.75) is 0 Å². The molecule has 0 aromatic heterocycles. The number of hydrogen-bond acceptors (Lipinski definition) is 5. The third-order valence-corrected chi connectivity index (χ3v) is 5.02. The molecule has 0 aliphatic heterocycles. The molecule has 0 spiro atoms. The van der Waals surface area contributed by atoms with E-state index in [1.165, 1.54) is 31.5 Å². The third kappa shape index (κ3) is 5.98. The van der Waals surface area contributed by atoms with Crippen molar-refractivity contribution in [2.75, 3.05) is 7.11 Å². The maximum Gasteiger partial charge on any atom is 0.343 e. The lowest BCUT2D eigenvalue weighted by molar-refractivity contribution is 0.0729. The zero-order valence-corrected chi connectivity index (χ0v) is 18.3. The summed E-state index contributed by atoms with van der Waals surface area (Å²) in [4.78, 5) is 24.4. The van der Waals surface area contributed by atoms with Gasteiger partial charge in [-0.05, 0) is 66.2 Å². The van der Waals surface area contributed by atoms with E-state index in [2.05, 4.69) is 10.5 Å². The first kappa shape index (κ1) is 22.6. The van der Waals surface area contributed by atoms with Crippen molar-refractivity contribution in [1.29, 1.82) is 0 Å². The van der Waals surface area contributed by atoms with Gasteiger partial charge in [0.1, 0.15) is 0 Å². The summed E-state index contributed by atoms with van der Waals surface area (Å²) in [6.45, 7) is 0. The fourth-order valence-corrected chi connectivity index (χ4v) is 2.89. The van der Waals surface area contributed by atoms with Gasteiger partial charge in [-0.2, -0.15) is 5.10 Å². The van der Waals surface area contributed by atoms with E-state index in [1.807, 2.05) is 0 Å². The lowest BCUT2D eigenvalue weighted by Crippen LogP contribution is -2.17. The molecule has 0 bridgehead atoms. The van der Waals surface area contributed by atoms with Crippen LogP contribution in [-0.4, -0.2) is 25.2 Å². The molecule has 0 heterocycles. The van der Waals surface area contributed by atoms with Crippen molar-refractivity contribution in [3.8, 4) is 11.5 Å². The molecule has 3 aromatic carbocycles. The highest BCUT2D eigenvalue weighted by Crippen LogP contribution is 2.29. The number of halogens is 3. The Morgan fingerprint density at radius 2 is 1.58 bits per heavy atom. The van der Waals surface area contributed by atoms with Crippen molar-refractivity contribution in [3.63, 3.8) is 0 Å². The average Bonchev–Trinajstić information content (AvgIpc) is 2.76. The van der Waals surface area contributed by atoms with E-state index < -0.39 is 5.97 Å². The second-order valence-electron chi connectivity index (χ2n) is 6.13. The molecule has 9 heteroatoms. The Bertz CT molecular complexity index is 1150. The van der Waals surface area contributed by atoms with Gasteiger partial charge in [0.2, 0.25) is 0 Å². The Labute approximate surface area is 193 Å². The second-order valence-corrected chi connectivity index (χ2v) is 7.39. The number of carbonyl (C=O) groups excluding carboxylic acids is 2. The van der Waals surface area contributed by atoms with Crippen molar-refractivity contribution in [3.05, 3.63) is 92.4 Å². The number of methoxy groups -OCH3 is 1. The van der Waals surface area contributed by atoms with E-state index in [9.17, 15) is 9.59 Å². The molecule has 0 radical (unpaired) electrons. The third-order valence-electron chi connectivity index (χ3n) is 4.03. The molecule has 0 saturated heterocycles. The number of hydrazone groups is 1. The monoisotopic (exact) mass is 476 g/mol. The Morgan fingerprint density at radius 3 is 2.26 bits per heavy atom. The van der Waals surface area contributed by atoms with Gasteiger partial charge < -0.3 is 9.47 Å². The van der Waals surface area contributed by atoms with Crippen molar-refractivity contribution >= 4 is 52.9 Å². The Morgan fingerprint density at radius 1 is 0.871 bits per heavy atom. The van der Waals surface area contributed by atoms with E-state index in [-0.39, 0.29) is 22.2 Å². The molecule has 6 nitrogen and oxygen atoms in total. The van der Waals surface area contributed by atoms with Crippen LogP contribution in [0.5, 0.6) is 11.5 Å². The van der Waals surface area contributed by atoms with E-state index >= 15 is 0 Å². The van der Waals surface area contributed by atoms with Crippen LogP contribution in [0.2, 0.25) is 15.1 Å². The van der Waals surface area contributed by atoms with Crippen LogP contribution in [-0.2, 0) is 0 Å². The van der Waals surface area contributed by atoms with Crippen LogP contribution in [0.25, 0.3) is 0 Å². The van der Waals surface area contributed by atoms with Gasteiger partial charge >= 0.3 is 5.97 Å². The highest BCUT2D eigenvalue weighted by molar-refractivity contribution is 6.42. The number of rotatable bonds is 6. The fourth-order valence-electron chi connectivity index (χ4n) is 2.46. The lowest BCUT2D eigenvalue weighted by atomic mass is 10.2. The van der Waals surface area contributed by atoms with E-state index in [0.29, 0.717) is 26.9 Å². The number of esters is 1. The number of nitrogens with zero attached hydrogens (tertiary/aromatic N) is 1. The first-order valence-electron chi connectivity index (χ1n) is 8.81. The van der Waals surface area contributed by atoms with Gasteiger partial charge in [-0.3, -0.25) is 4.79 Å². The minimum atomic E-state index is -0.617. The zero-order valence-electron chi connectivity index (χ0n) is 16.1. The standard InChI is InChI=1S/C22H15Cl3N2O4/c1-30-20-10-13(12-26-27-21(28)14-3-6-16(23)7-4-14)2-9-19(20)31-22(29)15-5-8-17(24)18(25)11-15/h2-12H,1H3,(H,27,28)/b26-12+. The minimum absolute atomic E-state index is 0.209. The molecular formula is C22H15Cl3N2O4. The van der Waals surface area contributed by atoms with Gasteiger partial charge in [0.25, 0.3) is 5.91 Å². The summed E-state index contributed by atoms with van der Waals surface area (Å²) in [5, 5.41) is 5.04. The van der Waals surface area contributed by atoms with Crippen molar-refractivity contribution in [2.24, 2.45) is 5.10 Å². The molecule has 3 aromatic rings. The van der Waals surface area contributed by atoms with Crippen LogP contribution in [0.15, 0.2) is 65.8 Å². The summed E-state index contributed by atoms with van der Waals surface area (Å²) in [7, 11) is 1.44. The van der Waals surface area contributed by atoms with Gasteiger partial charge in [0, 0.05) is 10.6 Å². The summed E-state index contributed by atoms with van der Waals surface area (Å²) < 4.78 is 10.7. The number of nitrogens with one attached hydrogen (secondary N) is 1. The van der Waals surface area contributed by atoms with E-state index in [0.717, 1.165) is 0 Å². The van der Waals surface area contributed by atoms with Gasteiger partial charge in [-0.15, -0.1) is 0 Å². The topological polar surface area (TPSA) is 77.0 Å². The Kier molecular flexibility index (Phi) is 7.52. The number of hydrogen-bond donors (Lipinski definition) is 1. The molecule has 0 aliphatic rings. The Balaban J connectivity index is 1.68. The highest BCUT2D eigenvalue weighted by atomic mass is 35.5. The highest BCUT2D eigenvalue weighted by Gasteiger charge is 2.14. The maximum absolute atomic E-state index is 12.4. The van der Waals surface area contributed by atoms with E-state index in [4.69, 9.17) is 44.3 Å². The van der Waals surface area contributed by atoms with Crippen LogP contribution in [0.3, 0.4) is 0 Å². The van der Waals surface area contributed by atoms with Crippen LogP contribution >= 0.6 is 34.8 Å². The van der Waals surface area contributed by atoms with E-state index in [1.54, 1.807) is 42.5 Å². The smallest absolute Gasteiger partial charge is 0.343 e. The molecule has 1 N–H and O–H groups in total. The second kappa shape index (κ2) is 10.3. The summed E-state index contributed by atoms with van der Waals surface area (Å²) in [5.41, 5.74) is 3.70. The summed E-state index contributed by atoms with van der Waals surface area (Å²) in [6, 6.07) is 15.7. The number of benzene rings is 3. The van der Waals surface area contributed by atoms with Gasteiger partial charge in [-0.1, -0.05) is 34.8 Å². The number of amides is 1. The molecular weight excluding hydrogens is 463 g/mol. The van der Waals surface area contributed by atoms with Gasteiger partial charge in [0.05, 0.1) is 28.9 Å². The first-order chi connectivity index (χ1) is 14.9. The van der Waals surface area contributed by atoms with Gasteiger partial charge in [0.15, 0.2) is 11.5 Å². The first-order valence-corrected chi connectivity index (χ1v) is 9.95. The van der Waals surface area contributed by atoms with Crippen LogP contribution in [0.1, 0.15) is 26.3 Å². The van der Waals surface area contributed by atoms with Crippen LogP contribution < -0.4 is 14.9 Å². The van der Waals surface area contributed by atoms with Crippen LogP contribution in [0.4, 0.5) is 0 Å². The molecule has 0 fully saturated rings. The number of ether oxygens (including phenoxy) is 2. The SMILES string of the molecule is COc1cc(/C=N/NC(=O)c2ccc(Cl)cc2)ccc1OC(=O)c1ccc(Cl)c(Cl)c1. The number of carbonyl (C=O) groups is 2. The predicted molar refractivity (Wildman–Crippen MR) is 121 cm³/mol. The lowest BCUT2D eigenvalue weighted by Gasteiger charge is -2.10. The molecule has 31 heavy (non-hydrogen) atoms. The molecule has 0 unspecified atom stereocenters. The normalized spacial score (nSPS) is 10.7. The largest absolute Gasteiger partial charge is 0.493 e.